The van der Waals surface area contributed by atoms with Crippen LogP contribution in [0.1, 0.15) is 17.9 Å². The van der Waals surface area contributed by atoms with Crippen molar-refractivity contribution in [3.05, 3.63) is 28.8 Å². The number of nitrogens with one attached hydrogen (secondary N) is 1. The van der Waals surface area contributed by atoms with Gasteiger partial charge in [-0.15, -0.1) is 0 Å². The van der Waals surface area contributed by atoms with Crippen LogP contribution in [0.3, 0.4) is 0 Å². The van der Waals surface area contributed by atoms with Crippen molar-refractivity contribution in [2.24, 2.45) is 0 Å². The van der Waals surface area contributed by atoms with Crippen LogP contribution in [-0.4, -0.2) is 17.0 Å². The zero-order valence-electron chi connectivity index (χ0n) is 7.66. The van der Waals surface area contributed by atoms with Crippen molar-refractivity contribution in [2.45, 2.75) is 12.3 Å². The molecule has 1 heterocycles. The van der Waals surface area contributed by atoms with E-state index in [9.17, 15) is 9.59 Å². The van der Waals surface area contributed by atoms with Crippen LogP contribution in [0.5, 0.6) is 0 Å². The number of rotatable bonds is 2. The molecule has 78 valence electrons. The number of hydrogen-bond donors (Lipinski definition) is 2. The topological polar surface area (TPSA) is 66.4 Å². The molecule has 0 saturated carbocycles. The summed E-state index contributed by atoms with van der Waals surface area (Å²) in [5.74, 6) is -1.99. The molecule has 1 aliphatic rings. The lowest BCUT2D eigenvalue weighted by Gasteiger charge is -2.06. The Hall–Kier alpha value is -1.55. The molecule has 5 heteroatoms. The maximum Gasteiger partial charge on any atom is 0.304 e. The predicted octanol–water partition coefficient (Wildman–Crippen LogP) is 1.85. The first-order valence-corrected chi connectivity index (χ1v) is 4.78. The van der Waals surface area contributed by atoms with E-state index < -0.39 is 11.9 Å². The van der Waals surface area contributed by atoms with Crippen molar-refractivity contribution < 1.29 is 14.7 Å². The maximum absolute atomic E-state index is 11.5. The van der Waals surface area contributed by atoms with Crippen LogP contribution in [0, 0.1) is 0 Å². The molecule has 0 radical (unpaired) electrons. The fourth-order valence-electron chi connectivity index (χ4n) is 1.72. The highest BCUT2D eigenvalue weighted by atomic mass is 35.5. The van der Waals surface area contributed by atoms with Crippen molar-refractivity contribution in [1.82, 2.24) is 0 Å². The number of amides is 1. The van der Waals surface area contributed by atoms with Crippen LogP contribution in [0.25, 0.3) is 0 Å². The summed E-state index contributed by atoms with van der Waals surface area (Å²) in [5.41, 5.74) is 1.20. The highest BCUT2D eigenvalue weighted by molar-refractivity contribution is 6.32. The largest absolute Gasteiger partial charge is 0.481 e. The smallest absolute Gasteiger partial charge is 0.304 e. The highest BCUT2D eigenvalue weighted by Crippen LogP contribution is 2.39. The van der Waals surface area contributed by atoms with Gasteiger partial charge in [0, 0.05) is 16.3 Å². The Kier molecular flexibility index (Phi) is 2.36. The molecule has 0 aliphatic carbocycles. The molecule has 0 aromatic heterocycles. The Balaban J connectivity index is 2.44. The third-order valence-corrected chi connectivity index (χ3v) is 2.68. The number of anilines is 1. The minimum absolute atomic E-state index is 0.234. The molecular weight excluding hydrogens is 218 g/mol. The molecule has 4 nitrogen and oxygen atoms in total. The Bertz CT molecular complexity index is 444. The van der Waals surface area contributed by atoms with E-state index in [1.807, 2.05) is 0 Å². The van der Waals surface area contributed by atoms with Gasteiger partial charge in [-0.25, -0.2) is 0 Å². The van der Waals surface area contributed by atoms with Crippen LogP contribution in [0.2, 0.25) is 5.02 Å². The molecule has 1 amide bonds. The van der Waals surface area contributed by atoms with Crippen LogP contribution < -0.4 is 5.32 Å². The van der Waals surface area contributed by atoms with E-state index in [0.717, 1.165) is 0 Å². The highest BCUT2D eigenvalue weighted by Gasteiger charge is 2.33. The summed E-state index contributed by atoms with van der Waals surface area (Å²) in [4.78, 5) is 22.1. The first-order chi connectivity index (χ1) is 7.09. The number of carbonyl (C=O) groups is 2. The maximum atomic E-state index is 11.5. The molecule has 1 unspecified atom stereocenters. The Labute approximate surface area is 90.9 Å². The van der Waals surface area contributed by atoms with E-state index in [0.29, 0.717) is 16.3 Å². The number of carbonyl (C=O) groups excluding carboxylic acids is 1. The molecule has 0 bridgehead atoms. The van der Waals surface area contributed by atoms with Crippen molar-refractivity contribution in [2.75, 3.05) is 5.32 Å². The zero-order valence-corrected chi connectivity index (χ0v) is 8.41. The normalized spacial score (nSPS) is 18.5. The molecule has 1 aromatic carbocycles. The number of benzene rings is 1. The molecular formula is C10H8ClNO3. The van der Waals surface area contributed by atoms with Crippen molar-refractivity contribution in [3.63, 3.8) is 0 Å². The molecule has 0 spiro atoms. The predicted molar refractivity (Wildman–Crippen MR) is 55.1 cm³/mol. The quantitative estimate of drug-likeness (QED) is 0.807. The number of aliphatic carboxylic acids is 1. The third kappa shape index (κ3) is 1.68. The molecule has 1 aromatic rings. The fraction of sp³-hybridized carbons (Fsp3) is 0.200. The monoisotopic (exact) mass is 225 g/mol. The Morgan fingerprint density at radius 1 is 1.53 bits per heavy atom. The number of halogens is 1. The summed E-state index contributed by atoms with van der Waals surface area (Å²) in [6, 6.07) is 5.07. The average molecular weight is 226 g/mol. The van der Waals surface area contributed by atoms with Gasteiger partial charge in [0.2, 0.25) is 5.91 Å². The Morgan fingerprint density at radius 3 is 2.93 bits per heavy atom. The van der Waals surface area contributed by atoms with Gasteiger partial charge in [0.25, 0.3) is 0 Å². The average Bonchev–Trinajstić information content (AvgIpc) is 2.43. The molecule has 15 heavy (non-hydrogen) atoms. The molecule has 1 aliphatic heterocycles. The summed E-state index contributed by atoms with van der Waals surface area (Å²) in [6.07, 6.45) is -0.234. The first-order valence-electron chi connectivity index (χ1n) is 4.40. The van der Waals surface area contributed by atoms with Crippen LogP contribution in [0.4, 0.5) is 5.69 Å². The number of hydrogen-bond acceptors (Lipinski definition) is 2. The second-order valence-corrected chi connectivity index (χ2v) is 3.75. The van der Waals surface area contributed by atoms with E-state index in [4.69, 9.17) is 16.7 Å². The molecule has 1 atom stereocenters. The summed E-state index contributed by atoms with van der Waals surface area (Å²) in [6.45, 7) is 0. The van der Waals surface area contributed by atoms with Gasteiger partial charge in [0.05, 0.1) is 12.3 Å². The number of carboxylic acid groups (broad SMARTS) is 1. The van der Waals surface area contributed by atoms with E-state index in [-0.39, 0.29) is 12.3 Å². The first kappa shape index (κ1) is 9.98. The number of carboxylic acids is 1. The van der Waals surface area contributed by atoms with Crippen LogP contribution in [-0.2, 0) is 9.59 Å². The van der Waals surface area contributed by atoms with Gasteiger partial charge in [0.15, 0.2) is 0 Å². The molecule has 2 N–H and O–H groups in total. The lowest BCUT2D eigenvalue weighted by molar-refractivity contribution is -0.138. The lowest BCUT2D eigenvalue weighted by Crippen LogP contribution is -2.15. The van der Waals surface area contributed by atoms with Crippen molar-refractivity contribution >= 4 is 29.2 Å². The third-order valence-electron chi connectivity index (χ3n) is 2.35. The minimum Gasteiger partial charge on any atom is -0.481 e. The van der Waals surface area contributed by atoms with Gasteiger partial charge in [-0.05, 0) is 12.1 Å². The standard InChI is InChI=1S/C10H8ClNO3/c11-6-2-1-3-7-9(6)5(4-8(13)14)10(15)12-7/h1-3,5H,4H2,(H,12,15)(H,13,14). The van der Waals surface area contributed by atoms with Crippen LogP contribution in [0.15, 0.2) is 18.2 Å². The van der Waals surface area contributed by atoms with Gasteiger partial charge in [-0.2, -0.15) is 0 Å². The summed E-state index contributed by atoms with van der Waals surface area (Å²) in [7, 11) is 0. The molecule has 2 rings (SSSR count). The zero-order chi connectivity index (χ0) is 11.0. The fourth-order valence-corrected chi connectivity index (χ4v) is 2.03. The van der Waals surface area contributed by atoms with Gasteiger partial charge in [-0.3, -0.25) is 9.59 Å². The van der Waals surface area contributed by atoms with Crippen LogP contribution >= 0.6 is 11.6 Å². The summed E-state index contributed by atoms with van der Waals surface area (Å²) >= 11 is 5.93. The summed E-state index contributed by atoms with van der Waals surface area (Å²) < 4.78 is 0. The van der Waals surface area contributed by atoms with Gasteiger partial charge < -0.3 is 10.4 Å². The van der Waals surface area contributed by atoms with Crippen molar-refractivity contribution in [3.8, 4) is 0 Å². The minimum atomic E-state index is -1.01. The van der Waals surface area contributed by atoms with E-state index in [1.165, 1.54) is 0 Å². The van der Waals surface area contributed by atoms with E-state index in [1.54, 1.807) is 18.2 Å². The van der Waals surface area contributed by atoms with Gasteiger partial charge >= 0.3 is 5.97 Å². The van der Waals surface area contributed by atoms with E-state index >= 15 is 0 Å². The lowest BCUT2D eigenvalue weighted by atomic mass is 9.97. The van der Waals surface area contributed by atoms with Gasteiger partial charge in [0.1, 0.15) is 0 Å². The Morgan fingerprint density at radius 2 is 2.27 bits per heavy atom. The second kappa shape index (κ2) is 3.55. The SMILES string of the molecule is O=C(O)CC1C(=O)Nc2cccc(Cl)c21. The number of fused-ring (bicyclic) bond motifs is 1. The summed E-state index contributed by atoms with van der Waals surface area (Å²) in [5, 5.41) is 11.7. The molecule has 0 saturated heterocycles. The van der Waals surface area contributed by atoms with E-state index in [2.05, 4.69) is 5.32 Å². The van der Waals surface area contributed by atoms with Crippen molar-refractivity contribution in [1.29, 1.82) is 0 Å². The van der Waals surface area contributed by atoms with Gasteiger partial charge in [-0.1, -0.05) is 17.7 Å². The second-order valence-electron chi connectivity index (χ2n) is 3.34. The molecule has 0 fully saturated rings.